The second-order valence-electron chi connectivity index (χ2n) is 5.52. The van der Waals surface area contributed by atoms with E-state index in [0.29, 0.717) is 21.9 Å². The fourth-order valence-electron chi connectivity index (χ4n) is 2.58. The van der Waals surface area contributed by atoms with Gasteiger partial charge in [-0.3, -0.25) is 4.79 Å². The van der Waals surface area contributed by atoms with E-state index in [1.165, 1.54) is 15.9 Å². The lowest BCUT2D eigenvalue weighted by molar-refractivity contribution is 0.339. The van der Waals surface area contributed by atoms with E-state index >= 15 is 0 Å². The molecule has 7 heteroatoms. The Kier molecular flexibility index (Phi) is 4.57. The van der Waals surface area contributed by atoms with E-state index in [-0.39, 0.29) is 5.56 Å². The van der Waals surface area contributed by atoms with Gasteiger partial charge in [0, 0.05) is 15.6 Å². The second-order valence-corrected chi connectivity index (χ2v) is 7.45. The van der Waals surface area contributed by atoms with Gasteiger partial charge in [-0.2, -0.15) is 9.50 Å². The largest absolute Gasteiger partial charge is 0.493 e. The first-order valence-corrected chi connectivity index (χ1v) is 9.65. The zero-order valence-electron chi connectivity index (χ0n) is 13.8. The van der Waals surface area contributed by atoms with Crippen molar-refractivity contribution in [3.8, 4) is 17.1 Å². The maximum atomic E-state index is 12.7. The highest BCUT2D eigenvalue weighted by molar-refractivity contribution is 9.10. The van der Waals surface area contributed by atoms with Crippen molar-refractivity contribution < 1.29 is 4.74 Å². The van der Waals surface area contributed by atoms with Crippen molar-refractivity contribution in [1.82, 2.24) is 14.6 Å². The van der Waals surface area contributed by atoms with Gasteiger partial charge >= 0.3 is 0 Å². The van der Waals surface area contributed by atoms with Crippen LogP contribution < -0.4 is 14.8 Å². The van der Waals surface area contributed by atoms with Gasteiger partial charge in [-0.05, 0) is 31.2 Å². The summed E-state index contributed by atoms with van der Waals surface area (Å²) in [5.74, 6) is 1.30. The van der Waals surface area contributed by atoms with Crippen molar-refractivity contribution in [2.75, 3.05) is 6.61 Å². The van der Waals surface area contributed by atoms with E-state index in [1.807, 2.05) is 61.5 Å². The van der Waals surface area contributed by atoms with Crippen LogP contribution >= 0.6 is 27.3 Å². The first-order valence-electron chi connectivity index (χ1n) is 8.05. The van der Waals surface area contributed by atoms with Crippen LogP contribution in [0.5, 0.6) is 5.75 Å². The van der Waals surface area contributed by atoms with Crippen molar-refractivity contribution in [1.29, 1.82) is 0 Å². The van der Waals surface area contributed by atoms with E-state index in [0.717, 1.165) is 21.3 Å². The normalized spacial score (nSPS) is 12.0. The number of benzene rings is 2. The maximum absolute atomic E-state index is 12.7. The van der Waals surface area contributed by atoms with Crippen molar-refractivity contribution in [3.63, 3.8) is 0 Å². The molecule has 26 heavy (non-hydrogen) atoms. The number of thiazole rings is 1. The van der Waals surface area contributed by atoms with E-state index < -0.39 is 0 Å². The number of fused-ring (bicyclic) bond motifs is 1. The molecule has 0 saturated carbocycles. The molecule has 4 rings (SSSR count). The SMILES string of the molecule is CCOc1ccccc1/C=c1\sc2nc(-c3ccc(Br)cc3)nn2c1=O. The molecule has 0 N–H and O–H groups in total. The van der Waals surface area contributed by atoms with E-state index in [9.17, 15) is 4.79 Å². The fourth-order valence-corrected chi connectivity index (χ4v) is 3.75. The molecule has 2 aromatic carbocycles. The van der Waals surface area contributed by atoms with Gasteiger partial charge in [-0.1, -0.05) is 57.6 Å². The topological polar surface area (TPSA) is 56.5 Å². The Morgan fingerprint density at radius 1 is 1.19 bits per heavy atom. The van der Waals surface area contributed by atoms with Gasteiger partial charge < -0.3 is 4.74 Å². The third kappa shape index (κ3) is 3.15. The maximum Gasteiger partial charge on any atom is 0.291 e. The Morgan fingerprint density at radius 3 is 2.69 bits per heavy atom. The number of hydrogen-bond donors (Lipinski definition) is 0. The molecular formula is C19H14BrN3O2S. The summed E-state index contributed by atoms with van der Waals surface area (Å²) in [5, 5.41) is 4.37. The van der Waals surface area contributed by atoms with Crippen molar-refractivity contribution in [2.24, 2.45) is 0 Å². The van der Waals surface area contributed by atoms with Crippen LogP contribution in [0.4, 0.5) is 0 Å². The summed E-state index contributed by atoms with van der Waals surface area (Å²) in [5.41, 5.74) is 1.56. The molecule has 0 unspecified atom stereocenters. The Balaban J connectivity index is 1.79. The summed E-state index contributed by atoms with van der Waals surface area (Å²) in [4.78, 5) is 17.8. The summed E-state index contributed by atoms with van der Waals surface area (Å²) < 4.78 is 8.54. The van der Waals surface area contributed by atoms with Gasteiger partial charge in [0.05, 0.1) is 11.1 Å². The molecule has 2 aromatic heterocycles. The zero-order valence-corrected chi connectivity index (χ0v) is 16.3. The Hall–Kier alpha value is -2.51. The van der Waals surface area contributed by atoms with Crippen LogP contribution in [-0.4, -0.2) is 21.2 Å². The second kappa shape index (κ2) is 7.01. The molecule has 4 aromatic rings. The van der Waals surface area contributed by atoms with Crippen LogP contribution in [0.1, 0.15) is 12.5 Å². The quantitative estimate of drug-likeness (QED) is 0.499. The highest BCUT2D eigenvalue weighted by Gasteiger charge is 2.12. The summed E-state index contributed by atoms with van der Waals surface area (Å²) in [6.07, 6.45) is 1.83. The van der Waals surface area contributed by atoms with Crippen molar-refractivity contribution in [2.45, 2.75) is 6.92 Å². The van der Waals surface area contributed by atoms with Crippen LogP contribution in [0.2, 0.25) is 0 Å². The number of ether oxygens (including phenoxy) is 1. The number of hydrogen-bond acceptors (Lipinski definition) is 5. The standard InChI is InChI=1S/C19H14BrN3O2S/c1-2-25-15-6-4-3-5-13(15)11-16-18(24)23-19(26-16)21-17(22-23)12-7-9-14(20)10-8-12/h3-11H,2H2,1H3/b16-11-. The lowest BCUT2D eigenvalue weighted by Crippen LogP contribution is -2.23. The molecule has 0 aliphatic heterocycles. The minimum Gasteiger partial charge on any atom is -0.493 e. The number of halogens is 1. The average Bonchev–Trinajstić information content (AvgIpc) is 3.18. The van der Waals surface area contributed by atoms with Gasteiger partial charge in [0.15, 0.2) is 5.82 Å². The lowest BCUT2D eigenvalue weighted by Gasteiger charge is -2.05. The fraction of sp³-hybridized carbons (Fsp3) is 0.105. The van der Waals surface area contributed by atoms with Crippen LogP contribution in [-0.2, 0) is 0 Å². The molecule has 0 aliphatic carbocycles. The van der Waals surface area contributed by atoms with Gasteiger partial charge in [-0.25, -0.2) is 0 Å². The molecular weight excluding hydrogens is 414 g/mol. The molecule has 0 spiro atoms. The van der Waals surface area contributed by atoms with Crippen LogP contribution in [0.15, 0.2) is 57.8 Å². The predicted molar refractivity (Wildman–Crippen MR) is 107 cm³/mol. The summed E-state index contributed by atoms with van der Waals surface area (Å²) >= 11 is 4.73. The van der Waals surface area contributed by atoms with E-state index in [1.54, 1.807) is 0 Å². The highest BCUT2D eigenvalue weighted by Crippen LogP contribution is 2.20. The molecule has 130 valence electrons. The monoisotopic (exact) mass is 427 g/mol. The van der Waals surface area contributed by atoms with Crippen molar-refractivity contribution in [3.05, 3.63) is 73.5 Å². The minimum atomic E-state index is -0.174. The number of rotatable bonds is 4. The summed E-state index contributed by atoms with van der Waals surface area (Å²) in [6.45, 7) is 2.50. The van der Waals surface area contributed by atoms with E-state index in [2.05, 4.69) is 26.0 Å². The third-order valence-electron chi connectivity index (χ3n) is 3.79. The smallest absolute Gasteiger partial charge is 0.291 e. The molecule has 0 aliphatic rings. The third-order valence-corrected chi connectivity index (χ3v) is 5.28. The van der Waals surface area contributed by atoms with Gasteiger partial charge in [0.2, 0.25) is 4.96 Å². The molecule has 5 nitrogen and oxygen atoms in total. The molecule has 0 amide bonds. The summed E-state index contributed by atoms with van der Waals surface area (Å²) in [7, 11) is 0. The summed E-state index contributed by atoms with van der Waals surface area (Å²) in [6, 6.07) is 15.3. The average molecular weight is 428 g/mol. The Labute approximate surface area is 161 Å². The Bertz CT molecular complexity index is 1180. The van der Waals surface area contributed by atoms with Gasteiger partial charge in [-0.15, -0.1) is 5.10 Å². The zero-order chi connectivity index (χ0) is 18.1. The molecule has 0 saturated heterocycles. The number of aromatic nitrogens is 3. The highest BCUT2D eigenvalue weighted by atomic mass is 79.9. The number of nitrogens with zero attached hydrogens (tertiary/aromatic N) is 3. The molecule has 0 atom stereocenters. The number of para-hydroxylation sites is 1. The first kappa shape index (κ1) is 16.9. The van der Waals surface area contributed by atoms with Crippen molar-refractivity contribution >= 4 is 38.3 Å². The minimum absolute atomic E-state index is 0.174. The molecule has 0 fully saturated rings. The van der Waals surface area contributed by atoms with Gasteiger partial charge in [0.25, 0.3) is 5.56 Å². The molecule has 0 radical (unpaired) electrons. The molecule has 0 bridgehead atoms. The van der Waals surface area contributed by atoms with Gasteiger partial charge in [0.1, 0.15) is 5.75 Å². The molecule has 2 heterocycles. The van der Waals surface area contributed by atoms with Crippen LogP contribution in [0, 0.1) is 0 Å². The first-order chi connectivity index (χ1) is 12.7. The van der Waals surface area contributed by atoms with Crippen LogP contribution in [0.25, 0.3) is 22.4 Å². The Morgan fingerprint density at radius 2 is 1.96 bits per heavy atom. The van der Waals surface area contributed by atoms with E-state index in [4.69, 9.17) is 4.74 Å². The van der Waals surface area contributed by atoms with Crippen LogP contribution in [0.3, 0.4) is 0 Å². The predicted octanol–water partition coefficient (Wildman–Crippen LogP) is 3.53. The lowest BCUT2D eigenvalue weighted by atomic mass is 10.2.